The van der Waals surface area contributed by atoms with E-state index >= 15 is 0 Å². The molecule has 1 atom stereocenters. The van der Waals surface area contributed by atoms with Crippen LogP contribution < -0.4 is 15.4 Å². The molecule has 2 heterocycles. The number of ether oxygens (including phenoxy) is 2. The minimum atomic E-state index is -0.171. The molecule has 0 aliphatic carbocycles. The summed E-state index contributed by atoms with van der Waals surface area (Å²) in [6.07, 6.45) is 6.73. The van der Waals surface area contributed by atoms with Gasteiger partial charge in [0.1, 0.15) is 12.4 Å². The van der Waals surface area contributed by atoms with E-state index < -0.39 is 0 Å². The minimum absolute atomic E-state index is 0.0600. The van der Waals surface area contributed by atoms with E-state index in [4.69, 9.17) is 9.47 Å². The number of amides is 2. The zero-order valence-electron chi connectivity index (χ0n) is 19.1. The van der Waals surface area contributed by atoms with Gasteiger partial charge < -0.3 is 25.0 Å². The molecule has 7 nitrogen and oxygen atoms in total. The number of benzene rings is 2. The predicted molar refractivity (Wildman–Crippen MR) is 129 cm³/mol. The van der Waals surface area contributed by atoms with Gasteiger partial charge in [0.2, 0.25) is 5.91 Å². The van der Waals surface area contributed by atoms with Crippen LogP contribution in [0, 0.1) is 0 Å². The van der Waals surface area contributed by atoms with Crippen molar-refractivity contribution < 1.29 is 19.1 Å². The topological polar surface area (TPSA) is 79.9 Å². The molecule has 0 radical (unpaired) electrons. The van der Waals surface area contributed by atoms with Gasteiger partial charge in [-0.15, -0.1) is 0 Å². The Labute approximate surface area is 195 Å². The van der Waals surface area contributed by atoms with Crippen molar-refractivity contribution in [1.29, 1.82) is 0 Å². The molecule has 2 amide bonds. The van der Waals surface area contributed by atoms with Crippen LogP contribution in [0.2, 0.25) is 0 Å². The third kappa shape index (κ3) is 6.96. The summed E-state index contributed by atoms with van der Waals surface area (Å²) in [7, 11) is 0. The van der Waals surface area contributed by atoms with Crippen molar-refractivity contribution in [2.24, 2.45) is 0 Å². The first-order chi connectivity index (χ1) is 16.2. The molecule has 2 aromatic rings. The molecule has 2 N–H and O–H groups in total. The molecule has 0 saturated carbocycles. The number of carbonyl (C=O) groups excluding carboxylic acids is 2. The van der Waals surface area contributed by atoms with Gasteiger partial charge in [-0.2, -0.15) is 0 Å². The lowest BCUT2D eigenvalue weighted by atomic mass is 10.1. The van der Waals surface area contributed by atoms with Gasteiger partial charge in [0, 0.05) is 42.7 Å². The number of carbonyl (C=O) groups is 2. The van der Waals surface area contributed by atoms with E-state index in [1.54, 1.807) is 0 Å². The van der Waals surface area contributed by atoms with E-state index in [9.17, 15) is 9.59 Å². The Morgan fingerprint density at radius 3 is 2.55 bits per heavy atom. The fraction of sp³-hybridized carbons (Fsp3) is 0.462. The van der Waals surface area contributed by atoms with Crippen LogP contribution in [0.1, 0.15) is 48.9 Å². The fourth-order valence-electron chi connectivity index (χ4n) is 4.23. The Hall–Kier alpha value is -3.06. The minimum Gasteiger partial charge on any atom is -0.491 e. The lowest BCUT2D eigenvalue weighted by Crippen LogP contribution is -2.31. The number of nitrogens with one attached hydrogen (secondary N) is 2. The number of anilines is 2. The van der Waals surface area contributed by atoms with Crippen LogP contribution in [-0.2, 0) is 9.53 Å². The van der Waals surface area contributed by atoms with Gasteiger partial charge in [-0.1, -0.05) is 25.0 Å². The molecule has 176 valence electrons. The van der Waals surface area contributed by atoms with E-state index in [2.05, 4.69) is 10.6 Å². The lowest BCUT2D eigenvalue weighted by Gasteiger charge is -2.20. The van der Waals surface area contributed by atoms with Crippen LogP contribution in [0.4, 0.5) is 11.4 Å². The van der Waals surface area contributed by atoms with Crippen LogP contribution in [0.25, 0.3) is 0 Å². The maximum absolute atomic E-state index is 12.9. The van der Waals surface area contributed by atoms with Crippen LogP contribution >= 0.6 is 0 Å². The highest BCUT2D eigenvalue weighted by atomic mass is 16.5. The van der Waals surface area contributed by atoms with E-state index in [1.807, 2.05) is 53.4 Å². The smallest absolute Gasteiger partial charge is 0.253 e. The van der Waals surface area contributed by atoms with E-state index in [-0.39, 0.29) is 24.5 Å². The van der Waals surface area contributed by atoms with E-state index in [0.29, 0.717) is 23.6 Å². The van der Waals surface area contributed by atoms with Gasteiger partial charge in [0.25, 0.3) is 5.91 Å². The summed E-state index contributed by atoms with van der Waals surface area (Å²) in [4.78, 5) is 27.2. The highest BCUT2D eigenvalue weighted by molar-refractivity contribution is 5.96. The molecule has 1 unspecified atom stereocenters. The Morgan fingerprint density at radius 2 is 1.76 bits per heavy atom. The normalized spacial score (nSPS) is 18.4. The first kappa shape index (κ1) is 23.1. The summed E-state index contributed by atoms with van der Waals surface area (Å²) in [5.41, 5.74) is 2.08. The number of hydrogen-bond donors (Lipinski definition) is 2. The molecule has 2 saturated heterocycles. The number of nitrogens with zero attached hydrogens (tertiary/aromatic N) is 1. The average molecular weight is 452 g/mol. The maximum atomic E-state index is 12.9. The summed E-state index contributed by atoms with van der Waals surface area (Å²) in [5.74, 6) is 0.594. The Kier molecular flexibility index (Phi) is 8.19. The second-order valence-electron chi connectivity index (χ2n) is 8.66. The summed E-state index contributed by atoms with van der Waals surface area (Å²) >= 11 is 0. The lowest BCUT2D eigenvalue weighted by molar-refractivity contribution is -0.114. The average Bonchev–Trinajstić information content (AvgIpc) is 3.22. The third-order valence-electron chi connectivity index (χ3n) is 6.03. The summed E-state index contributed by atoms with van der Waals surface area (Å²) < 4.78 is 11.4. The van der Waals surface area contributed by atoms with Gasteiger partial charge >= 0.3 is 0 Å². The highest BCUT2D eigenvalue weighted by Crippen LogP contribution is 2.20. The Morgan fingerprint density at radius 1 is 0.970 bits per heavy atom. The first-order valence-corrected chi connectivity index (χ1v) is 11.9. The van der Waals surface area contributed by atoms with Crippen molar-refractivity contribution in [3.05, 3.63) is 54.1 Å². The van der Waals surface area contributed by atoms with Gasteiger partial charge in [0.05, 0.1) is 12.6 Å². The molecule has 2 fully saturated rings. The van der Waals surface area contributed by atoms with Gasteiger partial charge in [-0.05, 0) is 56.0 Å². The third-order valence-corrected chi connectivity index (χ3v) is 6.03. The van der Waals surface area contributed by atoms with Crippen LogP contribution in [-0.4, -0.2) is 55.7 Å². The predicted octanol–water partition coefficient (Wildman–Crippen LogP) is 4.31. The SMILES string of the molecule is O=C(CNc1cccc(C(=O)N2CCCCCC2)c1)Nc1cccc(OCC2CCCO2)c1. The molecule has 2 aliphatic heterocycles. The molecule has 4 rings (SSSR count). The zero-order chi connectivity index (χ0) is 22.9. The Bertz CT molecular complexity index is 935. The van der Waals surface area contributed by atoms with E-state index in [0.717, 1.165) is 51.1 Å². The van der Waals surface area contributed by atoms with Gasteiger partial charge in [-0.25, -0.2) is 0 Å². The number of likely N-dealkylation sites (tertiary alicyclic amines) is 1. The van der Waals surface area contributed by atoms with Crippen molar-refractivity contribution in [1.82, 2.24) is 4.90 Å². The van der Waals surface area contributed by atoms with Crippen molar-refractivity contribution in [3.8, 4) is 5.75 Å². The number of hydrogen-bond acceptors (Lipinski definition) is 5. The molecule has 33 heavy (non-hydrogen) atoms. The van der Waals surface area contributed by atoms with Crippen molar-refractivity contribution in [3.63, 3.8) is 0 Å². The summed E-state index contributed by atoms with van der Waals surface area (Å²) in [6, 6.07) is 14.7. The molecular formula is C26H33N3O4. The van der Waals surface area contributed by atoms with E-state index in [1.165, 1.54) is 12.8 Å². The second-order valence-corrected chi connectivity index (χ2v) is 8.66. The van der Waals surface area contributed by atoms with Crippen molar-refractivity contribution >= 4 is 23.2 Å². The zero-order valence-corrected chi connectivity index (χ0v) is 19.1. The molecule has 7 heteroatoms. The van der Waals surface area contributed by atoms with Crippen molar-refractivity contribution in [2.45, 2.75) is 44.6 Å². The van der Waals surface area contributed by atoms with Crippen LogP contribution in [0.3, 0.4) is 0 Å². The Balaban J connectivity index is 1.27. The van der Waals surface area contributed by atoms with Crippen LogP contribution in [0.15, 0.2) is 48.5 Å². The maximum Gasteiger partial charge on any atom is 0.253 e. The van der Waals surface area contributed by atoms with Gasteiger partial charge in [-0.3, -0.25) is 9.59 Å². The molecule has 2 aromatic carbocycles. The molecule has 0 spiro atoms. The molecule has 2 aliphatic rings. The molecule has 0 aromatic heterocycles. The second kappa shape index (κ2) is 11.7. The van der Waals surface area contributed by atoms with Gasteiger partial charge in [0.15, 0.2) is 0 Å². The highest BCUT2D eigenvalue weighted by Gasteiger charge is 2.18. The molecular weight excluding hydrogens is 418 g/mol. The number of rotatable bonds is 8. The quantitative estimate of drug-likeness (QED) is 0.625. The first-order valence-electron chi connectivity index (χ1n) is 11.9. The van der Waals surface area contributed by atoms with Crippen molar-refractivity contribution in [2.75, 3.05) is 43.5 Å². The monoisotopic (exact) mass is 451 g/mol. The van der Waals surface area contributed by atoms with Crippen LogP contribution in [0.5, 0.6) is 5.75 Å². The fourth-order valence-corrected chi connectivity index (χ4v) is 4.23. The summed E-state index contributed by atoms with van der Waals surface area (Å²) in [6.45, 7) is 3.05. The molecule has 0 bridgehead atoms. The standard InChI is InChI=1S/C26H33N3O4/c30-25(28-22-10-6-11-23(17-22)33-19-24-12-7-15-32-24)18-27-21-9-5-8-20(16-21)26(31)29-13-3-1-2-4-14-29/h5-6,8-11,16-17,24,27H,1-4,7,12-15,18-19H2,(H,28,30). The summed E-state index contributed by atoms with van der Waals surface area (Å²) in [5, 5.41) is 6.01. The largest absolute Gasteiger partial charge is 0.491 e.